The van der Waals surface area contributed by atoms with E-state index in [9.17, 15) is 9.59 Å². The third-order valence-corrected chi connectivity index (χ3v) is 7.21. The van der Waals surface area contributed by atoms with E-state index in [-0.39, 0.29) is 29.8 Å². The summed E-state index contributed by atoms with van der Waals surface area (Å²) < 4.78 is 0. The minimum atomic E-state index is 0.0885. The zero-order valence-electron chi connectivity index (χ0n) is 16.9. The molecule has 0 aromatic heterocycles. The van der Waals surface area contributed by atoms with Gasteiger partial charge in [-0.05, 0) is 63.2 Å². The molecule has 0 spiro atoms. The Hall–Kier alpha value is -1.10. The Morgan fingerprint density at radius 1 is 0.852 bits per heavy atom. The lowest BCUT2D eigenvalue weighted by Crippen LogP contribution is -2.49. The van der Waals surface area contributed by atoms with Gasteiger partial charge in [-0.1, -0.05) is 32.1 Å². The molecule has 0 saturated heterocycles. The van der Waals surface area contributed by atoms with Crippen molar-refractivity contribution in [1.29, 1.82) is 0 Å². The fraction of sp³-hybridized carbons (Fsp3) is 0.909. The van der Waals surface area contributed by atoms with E-state index in [1.54, 1.807) is 0 Å². The number of hydrogen-bond donors (Lipinski definition) is 3. The average Bonchev–Trinajstić information content (AvgIpc) is 3.20. The van der Waals surface area contributed by atoms with Gasteiger partial charge in [0.1, 0.15) is 0 Å². The molecule has 0 heterocycles. The van der Waals surface area contributed by atoms with Crippen molar-refractivity contribution in [2.24, 2.45) is 23.5 Å². The van der Waals surface area contributed by atoms with Gasteiger partial charge in [0.2, 0.25) is 11.8 Å². The molecule has 1 unspecified atom stereocenters. The van der Waals surface area contributed by atoms with Crippen molar-refractivity contribution in [3.8, 4) is 0 Å². The summed E-state index contributed by atoms with van der Waals surface area (Å²) in [4.78, 5) is 25.0. The van der Waals surface area contributed by atoms with Gasteiger partial charge < -0.3 is 16.4 Å². The van der Waals surface area contributed by atoms with Crippen molar-refractivity contribution in [2.45, 2.75) is 102 Å². The van der Waals surface area contributed by atoms with Crippen LogP contribution in [0.15, 0.2) is 0 Å². The highest BCUT2D eigenvalue weighted by Gasteiger charge is 2.30. The van der Waals surface area contributed by atoms with E-state index in [2.05, 4.69) is 10.6 Å². The van der Waals surface area contributed by atoms with Gasteiger partial charge in [0.05, 0.1) is 0 Å². The first-order valence-electron chi connectivity index (χ1n) is 11.5. The highest BCUT2D eigenvalue weighted by Crippen LogP contribution is 2.29. The fourth-order valence-electron chi connectivity index (χ4n) is 5.47. The Bertz CT molecular complexity index is 476. The average molecular weight is 378 g/mol. The standard InChI is InChI=1S/C22H39N3O2/c23-15-20(17-8-2-1-3-9-17)25-22(27)18-10-12-19(13-11-18)24-21(26)14-16-6-4-5-7-16/h16-20H,1-15,23H2,(H,24,26)(H,25,27). The van der Waals surface area contributed by atoms with Crippen LogP contribution in [0.3, 0.4) is 0 Å². The van der Waals surface area contributed by atoms with Crippen LogP contribution in [0, 0.1) is 17.8 Å². The summed E-state index contributed by atoms with van der Waals surface area (Å²) >= 11 is 0. The smallest absolute Gasteiger partial charge is 0.223 e. The second-order valence-corrected chi connectivity index (χ2v) is 9.22. The molecule has 27 heavy (non-hydrogen) atoms. The number of hydrogen-bond acceptors (Lipinski definition) is 3. The third-order valence-electron chi connectivity index (χ3n) is 7.21. The van der Waals surface area contributed by atoms with E-state index in [1.165, 1.54) is 57.8 Å². The van der Waals surface area contributed by atoms with Crippen LogP contribution in [-0.4, -0.2) is 30.4 Å². The van der Waals surface area contributed by atoms with Crippen LogP contribution in [0.2, 0.25) is 0 Å². The van der Waals surface area contributed by atoms with Crippen LogP contribution < -0.4 is 16.4 Å². The zero-order valence-corrected chi connectivity index (χ0v) is 16.9. The molecule has 0 radical (unpaired) electrons. The van der Waals surface area contributed by atoms with Crippen molar-refractivity contribution in [1.82, 2.24) is 10.6 Å². The largest absolute Gasteiger partial charge is 0.353 e. The highest BCUT2D eigenvalue weighted by atomic mass is 16.2. The maximum Gasteiger partial charge on any atom is 0.223 e. The molecule has 4 N–H and O–H groups in total. The lowest BCUT2D eigenvalue weighted by molar-refractivity contribution is -0.127. The van der Waals surface area contributed by atoms with Gasteiger partial charge in [-0.2, -0.15) is 0 Å². The summed E-state index contributed by atoms with van der Waals surface area (Å²) in [5.74, 6) is 1.65. The van der Waals surface area contributed by atoms with Crippen LogP contribution in [0.5, 0.6) is 0 Å². The summed E-state index contributed by atoms with van der Waals surface area (Å²) in [5, 5.41) is 6.48. The topological polar surface area (TPSA) is 84.2 Å². The lowest BCUT2D eigenvalue weighted by Gasteiger charge is -2.33. The Balaban J connectivity index is 1.37. The Labute approximate surface area is 164 Å². The molecule has 154 valence electrons. The number of rotatable bonds is 7. The second kappa shape index (κ2) is 10.4. The van der Waals surface area contributed by atoms with E-state index in [1.807, 2.05) is 0 Å². The van der Waals surface area contributed by atoms with E-state index in [0.29, 0.717) is 24.8 Å². The molecular weight excluding hydrogens is 338 g/mol. The predicted molar refractivity (Wildman–Crippen MR) is 108 cm³/mol. The molecule has 2 amide bonds. The van der Waals surface area contributed by atoms with E-state index in [0.717, 1.165) is 25.7 Å². The molecule has 5 heteroatoms. The summed E-state index contributed by atoms with van der Waals surface area (Å²) in [5.41, 5.74) is 5.96. The first kappa shape index (κ1) is 20.6. The second-order valence-electron chi connectivity index (χ2n) is 9.22. The Kier molecular flexibility index (Phi) is 7.98. The van der Waals surface area contributed by atoms with Crippen LogP contribution >= 0.6 is 0 Å². The maximum atomic E-state index is 12.7. The molecule has 0 aromatic rings. The van der Waals surface area contributed by atoms with Gasteiger partial charge in [-0.3, -0.25) is 9.59 Å². The molecule has 3 fully saturated rings. The van der Waals surface area contributed by atoms with Gasteiger partial charge in [0.25, 0.3) is 0 Å². The molecule has 1 atom stereocenters. The first-order chi connectivity index (χ1) is 13.2. The number of carbonyl (C=O) groups excluding carboxylic acids is 2. The number of carbonyl (C=O) groups is 2. The maximum absolute atomic E-state index is 12.7. The molecule has 5 nitrogen and oxygen atoms in total. The van der Waals surface area contributed by atoms with Crippen molar-refractivity contribution in [3.63, 3.8) is 0 Å². The summed E-state index contributed by atoms with van der Waals surface area (Å²) in [6, 6.07) is 0.397. The van der Waals surface area contributed by atoms with E-state index in [4.69, 9.17) is 5.73 Å². The minimum absolute atomic E-state index is 0.0885. The summed E-state index contributed by atoms with van der Waals surface area (Å²) in [7, 11) is 0. The number of amides is 2. The number of nitrogens with two attached hydrogens (primary N) is 1. The predicted octanol–water partition coefficient (Wildman–Crippen LogP) is 3.27. The van der Waals surface area contributed by atoms with Gasteiger partial charge >= 0.3 is 0 Å². The third kappa shape index (κ3) is 6.20. The van der Waals surface area contributed by atoms with Crippen molar-refractivity contribution < 1.29 is 9.59 Å². The molecule has 3 aliphatic carbocycles. The molecule has 3 rings (SSSR count). The Morgan fingerprint density at radius 3 is 2.11 bits per heavy atom. The van der Waals surface area contributed by atoms with Crippen LogP contribution in [0.25, 0.3) is 0 Å². The molecular formula is C22H39N3O2. The lowest BCUT2D eigenvalue weighted by atomic mass is 9.82. The molecule has 0 aliphatic heterocycles. The first-order valence-corrected chi connectivity index (χ1v) is 11.5. The Morgan fingerprint density at radius 2 is 1.48 bits per heavy atom. The molecule has 0 aromatic carbocycles. The van der Waals surface area contributed by atoms with Crippen molar-refractivity contribution >= 4 is 11.8 Å². The van der Waals surface area contributed by atoms with Gasteiger partial charge in [0, 0.05) is 31.0 Å². The zero-order chi connectivity index (χ0) is 19.1. The molecule has 0 bridgehead atoms. The molecule has 3 aliphatic rings. The summed E-state index contributed by atoms with van der Waals surface area (Å²) in [6.45, 7) is 0.545. The van der Waals surface area contributed by atoms with Crippen molar-refractivity contribution in [3.05, 3.63) is 0 Å². The quantitative estimate of drug-likeness (QED) is 0.637. The fourth-order valence-corrected chi connectivity index (χ4v) is 5.47. The van der Waals surface area contributed by atoms with Crippen LogP contribution in [0.4, 0.5) is 0 Å². The van der Waals surface area contributed by atoms with Crippen LogP contribution in [0.1, 0.15) is 89.9 Å². The van der Waals surface area contributed by atoms with Crippen LogP contribution in [-0.2, 0) is 9.59 Å². The minimum Gasteiger partial charge on any atom is -0.353 e. The van der Waals surface area contributed by atoms with Gasteiger partial charge in [-0.25, -0.2) is 0 Å². The van der Waals surface area contributed by atoms with E-state index < -0.39 is 0 Å². The van der Waals surface area contributed by atoms with E-state index >= 15 is 0 Å². The van der Waals surface area contributed by atoms with Crippen molar-refractivity contribution in [2.75, 3.05) is 6.54 Å². The van der Waals surface area contributed by atoms with Gasteiger partial charge in [-0.15, -0.1) is 0 Å². The van der Waals surface area contributed by atoms with Gasteiger partial charge in [0.15, 0.2) is 0 Å². The molecule has 3 saturated carbocycles. The highest BCUT2D eigenvalue weighted by molar-refractivity contribution is 5.79. The monoisotopic (exact) mass is 377 g/mol. The normalized spacial score (nSPS) is 28.6. The SMILES string of the molecule is NCC(NC(=O)C1CCC(NC(=O)CC2CCCC2)CC1)C1CCCCC1. The summed E-state index contributed by atoms with van der Waals surface area (Å²) in [6.07, 6.45) is 15.5. The number of nitrogens with one attached hydrogen (secondary N) is 2.